The van der Waals surface area contributed by atoms with Crippen LogP contribution in [0.4, 0.5) is 34.6 Å². The minimum atomic E-state index is -1.42. The van der Waals surface area contributed by atoms with Gasteiger partial charge in [-0.15, -0.1) is 20.5 Å². The maximum atomic E-state index is 11.8. The number of benzene rings is 2. The lowest BCUT2D eigenvalue weighted by Gasteiger charge is -2.07. The van der Waals surface area contributed by atoms with Crippen molar-refractivity contribution >= 4 is 58.5 Å². The van der Waals surface area contributed by atoms with Crippen molar-refractivity contribution < 1.29 is 44.7 Å². The molecule has 7 rings (SSSR count). The number of anilines is 2. The molecule has 7 aromatic rings. The Morgan fingerprint density at radius 3 is 1.55 bits per heavy atom. The highest BCUT2D eigenvalue weighted by Crippen LogP contribution is 2.34. The average Bonchev–Trinajstić information content (AvgIpc) is 4.07. The first-order chi connectivity index (χ1) is 31.1. The lowest BCUT2D eigenvalue weighted by atomic mass is 10.1. The molecule has 0 saturated carbocycles. The van der Waals surface area contributed by atoms with Gasteiger partial charge in [-0.1, -0.05) is 13.3 Å². The van der Waals surface area contributed by atoms with Crippen LogP contribution >= 0.6 is 0 Å². The Balaban J connectivity index is 1.25. The molecule has 0 aliphatic carbocycles. The van der Waals surface area contributed by atoms with Crippen molar-refractivity contribution in [1.82, 2.24) is 54.1 Å². The Hall–Kier alpha value is -10.3. The number of nitriles is 2. The number of aromatic carboxylic acids is 4. The fraction of sp³-hybridized carbons (Fsp3) is 0.108. The quantitative estimate of drug-likeness (QED) is 0.0709. The summed E-state index contributed by atoms with van der Waals surface area (Å²) in [6, 6.07) is 9.35. The number of hydrogen-bond acceptors (Lipinski definition) is 20. The van der Waals surface area contributed by atoms with Crippen LogP contribution in [0.5, 0.6) is 6.01 Å². The van der Waals surface area contributed by atoms with Gasteiger partial charge >= 0.3 is 29.9 Å². The van der Waals surface area contributed by atoms with Gasteiger partial charge in [0.1, 0.15) is 29.0 Å². The van der Waals surface area contributed by atoms with E-state index in [9.17, 15) is 55.2 Å². The molecule has 0 aliphatic heterocycles. The smallest absolute Gasteiger partial charge is 0.335 e. The van der Waals surface area contributed by atoms with Gasteiger partial charge in [-0.3, -0.25) is 0 Å². The van der Waals surface area contributed by atoms with Crippen molar-refractivity contribution in [2.75, 3.05) is 11.5 Å². The molecule has 0 atom stereocenters. The van der Waals surface area contributed by atoms with E-state index in [2.05, 4.69) is 55.8 Å². The Morgan fingerprint density at radius 2 is 1.09 bits per heavy atom. The molecule has 0 saturated heterocycles. The van der Waals surface area contributed by atoms with E-state index in [1.54, 1.807) is 0 Å². The van der Waals surface area contributed by atoms with E-state index < -0.39 is 29.9 Å². The Labute approximate surface area is 360 Å². The maximum absolute atomic E-state index is 11.8. The van der Waals surface area contributed by atoms with Gasteiger partial charge in [-0.05, 0) is 49.2 Å². The van der Waals surface area contributed by atoms with Gasteiger partial charge in [0.15, 0.2) is 29.0 Å². The van der Waals surface area contributed by atoms with E-state index in [4.69, 9.17) is 11.5 Å². The van der Waals surface area contributed by atoms with Crippen LogP contribution in [0.1, 0.15) is 78.0 Å². The summed E-state index contributed by atoms with van der Waals surface area (Å²) in [5.74, 6) is -7.31. The first kappa shape index (κ1) is 42.9. The molecule has 2 aromatic carbocycles. The normalized spacial score (nSPS) is 11.2. The van der Waals surface area contributed by atoms with Gasteiger partial charge in [-0.25, -0.2) is 28.5 Å². The second-order valence-corrected chi connectivity index (χ2v) is 13.2. The second kappa shape index (κ2) is 17.4. The first-order valence-electron chi connectivity index (χ1n) is 18.3. The summed E-state index contributed by atoms with van der Waals surface area (Å²) in [7, 11) is 0. The third kappa shape index (κ3) is 8.42. The molecule has 0 unspecified atom stereocenters. The zero-order chi connectivity index (χ0) is 46.7. The Kier molecular flexibility index (Phi) is 11.5. The Bertz CT molecular complexity index is 3190. The molecule has 0 aliphatic rings. The molecule has 5 heterocycles. The molecule has 0 radical (unpaired) electrons. The number of hydrogen-bond donors (Lipinski definition) is 7. The highest BCUT2D eigenvalue weighted by atomic mass is 16.4. The van der Waals surface area contributed by atoms with Crippen molar-refractivity contribution in [1.29, 1.82) is 10.5 Å². The first-order valence-corrected chi connectivity index (χ1v) is 18.3. The number of carboxylic acid groups (broad SMARTS) is 4. The molecular formula is C37H27N19O9. The predicted molar refractivity (Wildman–Crippen MR) is 216 cm³/mol. The van der Waals surface area contributed by atoms with Gasteiger partial charge in [0.25, 0.3) is 11.9 Å². The van der Waals surface area contributed by atoms with Crippen molar-refractivity contribution in [3.63, 3.8) is 0 Å². The number of rotatable bonds is 15. The highest BCUT2D eigenvalue weighted by molar-refractivity contribution is 5.95. The van der Waals surface area contributed by atoms with E-state index in [0.717, 1.165) is 73.7 Å². The van der Waals surface area contributed by atoms with Crippen LogP contribution in [-0.4, -0.2) is 103 Å². The summed E-state index contributed by atoms with van der Waals surface area (Å²) in [5.41, 5.74) is 11.1. The number of azo groups is 2. The standard InChI is InChI=1S/C37H27N19O9/c1-2-3-4-24-26(49-51-30-21(12-39)14-43-54(30)23-9-18(33(61)62)6-19(10-23)34(63)64)28(41)56(52-24)36-45-35(46-37(65)47-36)55-27(40)25(15-44-55)48-50-29-20(11-38)13-42-53(29)22-7-16(31(57)58)5-17(8-22)32(59)60/h5-10,13-15H,2-4,40-41H2,1H3,(H,57,58)(H,59,60)(H,61,62)(H,63,64)(H,45,46,47,65)/b50-48+,51-49+. The van der Waals surface area contributed by atoms with Crippen LogP contribution < -0.4 is 11.5 Å². The number of carboxylic acids is 4. The van der Waals surface area contributed by atoms with E-state index in [1.807, 2.05) is 19.1 Å². The van der Waals surface area contributed by atoms with Crippen LogP contribution in [0.15, 0.2) is 75.4 Å². The van der Waals surface area contributed by atoms with Crippen molar-refractivity contribution in [3.8, 4) is 41.4 Å². The SMILES string of the molecule is CCCCc1nn(-c2nc(O)nc(-n3ncc(/N=N/c4c(C#N)cnn4-c4cc(C(=O)O)cc(C(=O)O)c4)c3N)n2)c(N)c1/N=N/c1c(C#N)cnn1-c1cc(C(=O)O)cc(C(=O)O)c1. The minimum absolute atomic E-state index is 0.0202. The number of aryl methyl sites for hydroxylation is 1. The van der Waals surface area contributed by atoms with E-state index in [0.29, 0.717) is 12.8 Å². The fourth-order valence-corrected chi connectivity index (χ4v) is 5.93. The van der Waals surface area contributed by atoms with E-state index >= 15 is 0 Å². The van der Waals surface area contributed by atoms with Crippen molar-refractivity contribution in [2.24, 2.45) is 20.5 Å². The number of aromatic hydroxyl groups is 1. The Morgan fingerprint density at radius 1 is 0.631 bits per heavy atom. The molecule has 28 heteroatoms. The topological polar surface area (TPSA) is 428 Å². The van der Waals surface area contributed by atoms with Gasteiger partial charge in [0.2, 0.25) is 0 Å². The summed E-state index contributed by atoms with van der Waals surface area (Å²) in [6.45, 7) is 1.92. The molecule has 0 amide bonds. The summed E-state index contributed by atoms with van der Waals surface area (Å²) in [6.07, 6.45) is 4.94. The molecular weight excluding hydrogens is 855 g/mol. The molecule has 28 nitrogen and oxygen atoms in total. The lowest BCUT2D eigenvalue weighted by molar-refractivity contribution is 0.0676. The fourth-order valence-electron chi connectivity index (χ4n) is 5.93. The number of unbranched alkanes of at least 4 members (excludes halogenated alkanes) is 1. The number of nitrogens with two attached hydrogens (primary N) is 2. The number of nitrogens with zero attached hydrogens (tertiary/aromatic N) is 17. The zero-order valence-electron chi connectivity index (χ0n) is 32.9. The molecule has 0 spiro atoms. The van der Waals surface area contributed by atoms with Gasteiger partial charge in [0.05, 0.1) is 57.9 Å². The number of nitrogen functional groups attached to an aromatic ring is 2. The molecule has 9 N–H and O–H groups in total. The minimum Gasteiger partial charge on any atom is -0.479 e. The van der Waals surface area contributed by atoms with E-state index in [-0.39, 0.29) is 103 Å². The van der Waals surface area contributed by atoms with Crippen LogP contribution in [0.3, 0.4) is 0 Å². The lowest BCUT2D eigenvalue weighted by Crippen LogP contribution is -2.13. The summed E-state index contributed by atoms with van der Waals surface area (Å²) in [4.78, 5) is 59.2. The highest BCUT2D eigenvalue weighted by Gasteiger charge is 2.24. The van der Waals surface area contributed by atoms with Crippen LogP contribution in [0.2, 0.25) is 0 Å². The maximum Gasteiger partial charge on any atom is 0.335 e. The summed E-state index contributed by atoms with van der Waals surface area (Å²) >= 11 is 0. The summed E-state index contributed by atoms with van der Waals surface area (Å²) in [5, 5.41) is 102. The second-order valence-electron chi connectivity index (χ2n) is 13.2. The van der Waals surface area contributed by atoms with Crippen molar-refractivity contribution in [3.05, 3.63) is 94.1 Å². The molecule has 5 aromatic heterocycles. The molecule has 65 heavy (non-hydrogen) atoms. The van der Waals surface area contributed by atoms with Crippen LogP contribution in [-0.2, 0) is 6.42 Å². The van der Waals surface area contributed by atoms with Crippen LogP contribution in [0.25, 0.3) is 23.3 Å². The summed E-state index contributed by atoms with van der Waals surface area (Å²) < 4.78 is 3.99. The van der Waals surface area contributed by atoms with Gasteiger partial charge in [0, 0.05) is 0 Å². The monoisotopic (exact) mass is 881 g/mol. The third-order valence-electron chi connectivity index (χ3n) is 9.04. The molecule has 0 fully saturated rings. The van der Waals surface area contributed by atoms with Crippen LogP contribution in [0, 0.1) is 22.7 Å². The van der Waals surface area contributed by atoms with Gasteiger partial charge in [-0.2, -0.15) is 55.2 Å². The predicted octanol–water partition coefficient (Wildman–Crippen LogP) is 4.19. The zero-order valence-corrected chi connectivity index (χ0v) is 32.9. The number of aromatic nitrogens is 11. The third-order valence-corrected chi connectivity index (χ3v) is 9.04. The largest absolute Gasteiger partial charge is 0.479 e. The average molecular weight is 882 g/mol. The molecule has 0 bridgehead atoms. The van der Waals surface area contributed by atoms with Gasteiger partial charge < -0.3 is 37.0 Å². The van der Waals surface area contributed by atoms with Crippen molar-refractivity contribution in [2.45, 2.75) is 26.2 Å². The van der Waals surface area contributed by atoms with E-state index in [1.165, 1.54) is 0 Å². The molecule has 324 valence electrons. The number of carbonyl (C=O) groups is 4.